The number of hydrogen-bond acceptors (Lipinski definition) is 3. The molecule has 0 atom stereocenters. The van der Waals surface area contributed by atoms with Crippen molar-refractivity contribution in [2.45, 2.75) is 11.8 Å². The third kappa shape index (κ3) is 3.17. The minimum Gasteiger partial charge on any atom is -0.277 e. The highest BCUT2D eigenvalue weighted by atomic mass is 32.2. The number of aryl methyl sites for hydroxylation is 1. The van der Waals surface area contributed by atoms with Gasteiger partial charge in [0.05, 0.1) is 22.2 Å². The average Bonchev–Trinajstić information content (AvgIpc) is 2.42. The Hall–Kier alpha value is -2.46. The Bertz CT molecular complexity index is 843. The lowest BCUT2D eigenvalue weighted by molar-refractivity contribution is 0.594. The number of nitriles is 1. The third-order valence-electron chi connectivity index (χ3n) is 2.80. The number of nitrogens with zero attached hydrogens (tertiary/aromatic N) is 1. The largest absolute Gasteiger partial charge is 0.277 e. The highest BCUT2D eigenvalue weighted by Crippen LogP contribution is 2.21. The van der Waals surface area contributed by atoms with Gasteiger partial charge in [0, 0.05) is 6.07 Å². The molecule has 0 radical (unpaired) electrons. The molecule has 7 heteroatoms. The smallest absolute Gasteiger partial charge is 0.261 e. The summed E-state index contributed by atoms with van der Waals surface area (Å²) in [4.78, 5) is -0.136. The second-order valence-electron chi connectivity index (χ2n) is 4.32. The summed E-state index contributed by atoms with van der Waals surface area (Å²) in [7, 11) is -4.07. The normalized spacial score (nSPS) is 11.0. The molecule has 2 aromatic carbocycles. The van der Waals surface area contributed by atoms with Gasteiger partial charge < -0.3 is 0 Å². The number of hydrogen-bond donors (Lipinski definition) is 1. The Kier molecular flexibility index (Phi) is 3.91. The maximum Gasteiger partial charge on any atom is 0.261 e. The van der Waals surface area contributed by atoms with Crippen molar-refractivity contribution in [2.24, 2.45) is 0 Å². The van der Waals surface area contributed by atoms with Crippen LogP contribution in [-0.2, 0) is 10.0 Å². The minimum absolute atomic E-state index is 0.136. The number of rotatable bonds is 3. The van der Waals surface area contributed by atoms with Gasteiger partial charge in [0.1, 0.15) is 11.6 Å². The van der Waals surface area contributed by atoms with Crippen molar-refractivity contribution in [2.75, 3.05) is 4.72 Å². The molecule has 1 N–H and O–H groups in total. The van der Waals surface area contributed by atoms with Crippen LogP contribution in [0.5, 0.6) is 0 Å². The number of nitrogens with one attached hydrogen (secondary N) is 1. The summed E-state index contributed by atoms with van der Waals surface area (Å²) in [5.41, 5.74) is 0.336. The van der Waals surface area contributed by atoms with E-state index >= 15 is 0 Å². The van der Waals surface area contributed by atoms with Crippen molar-refractivity contribution in [1.29, 1.82) is 5.26 Å². The molecule has 21 heavy (non-hydrogen) atoms. The van der Waals surface area contributed by atoms with E-state index < -0.39 is 27.3 Å². The molecule has 0 fully saturated rings. The summed E-state index contributed by atoms with van der Waals surface area (Å²) in [6, 6.07) is 8.26. The Balaban J connectivity index is 2.41. The summed E-state index contributed by atoms with van der Waals surface area (Å²) in [6.45, 7) is 1.58. The van der Waals surface area contributed by atoms with Crippen LogP contribution in [0.1, 0.15) is 11.1 Å². The second kappa shape index (κ2) is 5.50. The van der Waals surface area contributed by atoms with Crippen molar-refractivity contribution >= 4 is 15.7 Å². The van der Waals surface area contributed by atoms with Gasteiger partial charge in [-0.2, -0.15) is 5.26 Å². The SMILES string of the molecule is Cc1cc(S(=O)(=O)Nc2cc(F)ccc2F)ccc1C#N. The van der Waals surface area contributed by atoms with Gasteiger partial charge in [-0.05, 0) is 42.8 Å². The Labute approximate surface area is 120 Å². The Morgan fingerprint density at radius 2 is 1.86 bits per heavy atom. The van der Waals surface area contributed by atoms with Crippen LogP contribution < -0.4 is 4.72 Å². The molecule has 0 bridgehead atoms. The lowest BCUT2D eigenvalue weighted by Gasteiger charge is -2.10. The van der Waals surface area contributed by atoms with Gasteiger partial charge in [0.15, 0.2) is 0 Å². The van der Waals surface area contributed by atoms with E-state index in [9.17, 15) is 17.2 Å². The van der Waals surface area contributed by atoms with E-state index in [4.69, 9.17) is 5.26 Å². The molecule has 4 nitrogen and oxygen atoms in total. The van der Waals surface area contributed by atoms with Gasteiger partial charge in [-0.3, -0.25) is 4.72 Å². The zero-order chi connectivity index (χ0) is 15.6. The maximum atomic E-state index is 13.5. The van der Waals surface area contributed by atoms with Crippen molar-refractivity contribution in [3.8, 4) is 6.07 Å². The molecule has 0 aromatic heterocycles. The standard InChI is InChI=1S/C14H10F2N2O2S/c1-9-6-12(4-2-10(9)8-17)21(19,20)18-14-7-11(15)3-5-13(14)16/h2-7,18H,1H3. The fourth-order valence-corrected chi connectivity index (χ4v) is 2.85. The van der Waals surface area contributed by atoms with Gasteiger partial charge in [-0.25, -0.2) is 17.2 Å². The molecule has 108 valence electrons. The molecule has 0 saturated carbocycles. The predicted molar refractivity (Wildman–Crippen MR) is 73.1 cm³/mol. The van der Waals surface area contributed by atoms with Crippen LogP contribution >= 0.6 is 0 Å². The van der Waals surface area contributed by atoms with Gasteiger partial charge in [0.25, 0.3) is 10.0 Å². The predicted octanol–water partition coefficient (Wildman–Crippen LogP) is 2.95. The highest BCUT2D eigenvalue weighted by molar-refractivity contribution is 7.92. The van der Waals surface area contributed by atoms with Crippen molar-refractivity contribution in [1.82, 2.24) is 0 Å². The Morgan fingerprint density at radius 1 is 1.14 bits per heavy atom. The van der Waals surface area contributed by atoms with Crippen LogP contribution in [0.3, 0.4) is 0 Å². The zero-order valence-electron chi connectivity index (χ0n) is 10.9. The molecular weight excluding hydrogens is 298 g/mol. The van der Waals surface area contributed by atoms with E-state index in [0.29, 0.717) is 11.1 Å². The van der Waals surface area contributed by atoms with Crippen molar-refractivity contribution < 1.29 is 17.2 Å². The number of halogens is 2. The maximum absolute atomic E-state index is 13.5. The molecule has 0 aliphatic carbocycles. The van der Waals surface area contributed by atoms with Crippen LogP contribution in [0.2, 0.25) is 0 Å². The van der Waals surface area contributed by atoms with Gasteiger partial charge in [-0.1, -0.05) is 0 Å². The van der Waals surface area contributed by atoms with Crippen LogP contribution in [0, 0.1) is 29.9 Å². The van der Waals surface area contributed by atoms with Crippen LogP contribution in [0.4, 0.5) is 14.5 Å². The van der Waals surface area contributed by atoms with Crippen LogP contribution in [0.15, 0.2) is 41.3 Å². The van der Waals surface area contributed by atoms with Crippen LogP contribution in [-0.4, -0.2) is 8.42 Å². The molecule has 0 aliphatic heterocycles. The topological polar surface area (TPSA) is 70.0 Å². The molecule has 0 aliphatic rings. The monoisotopic (exact) mass is 308 g/mol. The fourth-order valence-electron chi connectivity index (χ4n) is 1.71. The zero-order valence-corrected chi connectivity index (χ0v) is 11.7. The van der Waals surface area contributed by atoms with E-state index in [1.807, 2.05) is 10.8 Å². The van der Waals surface area contributed by atoms with Gasteiger partial charge in [0.2, 0.25) is 0 Å². The first kappa shape index (κ1) is 14.9. The average molecular weight is 308 g/mol. The highest BCUT2D eigenvalue weighted by Gasteiger charge is 2.17. The van der Waals surface area contributed by atoms with E-state index in [2.05, 4.69) is 0 Å². The van der Waals surface area contributed by atoms with Crippen LogP contribution in [0.25, 0.3) is 0 Å². The Morgan fingerprint density at radius 3 is 2.48 bits per heavy atom. The minimum atomic E-state index is -4.07. The lowest BCUT2D eigenvalue weighted by atomic mass is 10.1. The quantitative estimate of drug-likeness (QED) is 0.947. The summed E-state index contributed by atoms with van der Waals surface area (Å²) in [5.74, 6) is -1.64. The number of sulfonamides is 1. The number of benzene rings is 2. The molecule has 0 spiro atoms. The number of anilines is 1. The molecule has 2 rings (SSSR count). The first-order valence-corrected chi connectivity index (χ1v) is 7.30. The molecule has 0 unspecified atom stereocenters. The summed E-state index contributed by atoms with van der Waals surface area (Å²) in [5, 5.41) is 8.81. The van der Waals surface area contributed by atoms with E-state index in [1.54, 1.807) is 6.92 Å². The van der Waals surface area contributed by atoms with Gasteiger partial charge in [-0.15, -0.1) is 0 Å². The first-order chi connectivity index (χ1) is 9.83. The molecule has 0 heterocycles. The third-order valence-corrected chi connectivity index (χ3v) is 4.16. The van der Waals surface area contributed by atoms with E-state index in [1.165, 1.54) is 18.2 Å². The first-order valence-electron chi connectivity index (χ1n) is 5.82. The fraction of sp³-hybridized carbons (Fsp3) is 0.0714. The molecule has 2 aromatic rings. The second-order valence-corrected chi connectivity index (χ2v) is 6.00. The summed E-state index contributed by atoms with van der Waals surface area (Å²) < 4.78 is 52.8. The van der Waals surface area contributed by atoms with E-state index in [-0.39, 0.29) is 4.90 Å². The lowest BCUT2D eigenvalue weighted by Crippen LogP contribution is -2.14. The summed E-state index contributed by atoms with van der Waals surface area (Å²) in [6.07, 6.45) is 0. The summed E-state index contributed by atoms with van der Waals surface area (Å²) >= 11 is 0. The van der Waals surface area contributed by atoms with E-state index in [0.717, 1.165) is 18.2 Å². The molecule has 0 amide bonds. The molecule has 0 saturated heterocycles. The molecular formula is C14H10F2N2O2S. The van der Waals surface area contributed by atoms with Gasteiger partial charge >= 0.3 is 0 Å². The van der Waals surface area contributed by atoms with Crippen molar-refractivity contribution in [3.63, 3.8) is 0 Å². The van der Waals surface area contributed by atoms with Crippen molar-refractivity contribution in [3.05, 3.63) is 59.2 Å².